The monoisotopic (exact) mass is 225 g/mol. The number of benzene rings is 1. The second kappa shape index (κ2) is 5.94. The second-order valence-corrected chi connectivity index (χ2v) is 3.02. The smallest absolute Gasteiger partial charge is 0.437 e. The first kappa shape index (κ1) is 12.3. The van der Waals surface area contributed by atoms with Crippen molar-refractivity contribution in [2.45, 2.75) is 6.54 Å². The van der Waals surface area contributed by atoms with Crippen LogP contribution in [0.2, 0.25) is 0 Å². The Morgan fingerprint density at radius 3 is 2.88 bits per heavy atom. The van der Waals surface area contributed by atoms with E-state index in [2.05, 4.69) is 15.6 Å². The van der Waals surface area contributed by atoms with Gasteiger partial charge in [-0.05, 0) is 30.8 Å². The van der Waals surface area contributed by atoms with Crippen molar-refractivity contribution in [3.05, 3.63) is 23.8 Å². The Morgan fingerprint density at radius 2 is 2.25 bits per heavy atom. The highest BCUT2D eigenvalue weighted by molar-refractivity contribution is 5.64. The van der Waals surface area contributed by atoms with E-state index in [0.717, 1.165) is 5.56 Å². The molecule has 16 heavy (non-hydrogen) atoms. The van der Waals surface area contributed by atoms with Gasteiger partial charge in [-0.1, -0.05) is 0 Å². The second-order valence-electron chi connectivity index (χ2n) is 3.02. The minimum atomic E-state index is -0.753. The highest BCUT2D eigenvalue weighted by Gasteiger charge is 2.06. The van der Waals surface area contributed by atoms with Crippen LogP contribution >= 0.6 is 0 Å². The number of rotatable bonds is 4. The fraction of sp³-hybridized carbons (Fsp3) is 0.300. The average Bonchev–Trinajstić information content (AvgIpc) is 2.29. The zero-order valence-electron chi connectivity index (χ0n) is 9.24. The molecule has 88 valence electrons. The van der Waals surface area contributed by atoms with E-state index in [9.17, 15) is 4.79 Å². The fourth-order valence-corrected chi connectivity index (χ4v) is 1.12. The quantitative estimate of drug-likeness (QED) is 0.302. The van der Waals surface area contributed by atoms with Gasteiger partial charge in [-0.15, -0.1) is 0 Å². The molecular formula is C10H15N3O3. The maximum absolute atomic E-state index is 10.9. The van der Waals surface area contributed by atoms with Gasteiger partial charge >= 0.3 is 6.16 Å². The van der Waals surface area contributed by atoms with Crippen LogP contribution in [0.25, 0.3) is 0 Å². The number of ether oxygens (including phenoxy) is 2. The number of carbonyl (C=O) groups is 1. The molecule has 0 bridgehead atoms. The van der Waals surface area contributed by atoms with E-state index >= 15 is 0 Å². The number of nitrogens with two attached hydrogens (primary N) is 1. The third-order valence-electron chi connectivity index (χ3n) is 1.94. The Morgan fingerprint density at radius 1 is 1.50 bits per heavy atom. The summed E-state index contributed by atoms with van der Waals surface area (Å²) >= 11 is 0. The zero-order chi connectivity index (χ0) is 12.0. The first-order valence-corrected chi connectivity index (χ1v) is 4.71. The Hall–Kier alpha value is -1.79. The molecule has 1 aromatic rings. The van der Waals surface area contributed by atoms with Crippen molar-refractivity contribution < 1.29 is 14.3 Å². The molecule has 4 N–H and O–H groups in total. The molecule has 0 aromatic heterocycles. The molecule has 0 unspecified atom stereocenters. The van der Waals surface area contributed by atoms with Crippen LogP contribution < -0.4 is 21.3 Å². The summed E-state index contributed by atoms with van der Waals surface area (Å²) in [6, 6.07) is 4.96. The van der Waals surface area contributed by atoms with Crippen molar-refractivity contribution >= 4 is 11.8 Å². The third kappa shape index (κ3) is 3.41. The van der Waals surface area contributed by atoms with Crippen LogP contribution in [0.1, 0.15) is 5.56 Å². The summed E-state index contributed by atoms with van der Waals surface area (Å²) < 4.78 is 9.26. The van der Waals surface area contributed by atoms with E-state index in [1.54, 1.807) is 25.2 Å². The SMILES string of the molecule is CNNCc1cc(OC(=O)OC)ccc1N. The molecule has 0 spiro atoms. The number of anilines is 1. The normalized spacial score (nSPS) is 9.88. The van der Waals surface area contributed by atoms with Crippen LogP contribution in [-0.2, 0) is 11.3 Å². The molecule has 6 nitrogen and oxygen atoms in total. The number of hydrazine groups is 1. The predicted octanol–water partition coefficient (Wildman–Crippen LogP) is 0.638. The van der Waals surface area contributed by atoms with Gasteiger partial charge in [0.2, 0.25) is 0 Å². The topological polar surface area (TPSA) is 85.6 Å². The van der Waals surface area contributed by atoms with Crippen molar-refractivity contribution in [1.29, 1.82) is 0 Å². The molecule has 6 heteroatoms. The molecule has 0 heterocycles. The van der Waals surface area contributed by atoms with Crippen LogP contribution in [0.15, 0.2) is 18.2 Å². The molecule has 0 atom stereocenters. The van der Waals surface area contributed by atoms with E-state index in [4.69, 9.17) is 10.5 Å². The summed E-state index contributed by atoms with van der Waals surface area (Å²) in [5, 5.41) is 0. The zero-order valence-corrected chi connectivity index (χ0v) is 9.24. The maximum Gasteiger partial charge on any atom is 0.513 e. The van der Waals surface area contributed by atoms with Crippen molar-refractivity contribution in [2.75, 3.05) is 19.9 Å². The Bertz CT molecular complexity index is 368. The first-order chi connectivity index (χ1) is 7.67. The van der Waals surface area contributed by atoms with Gasteiger partial charge in [0.25, 0.3) is 0 Å². The van der Waals surface area contributed by atoms with Crippen molar-refractivity contribution in [3.63, 3.8) is 0 Å². The van der Waals surface area contributed by atoms with Gasteiger partial charge in [0.05, 0.1) is 7.11 Å². The molecule has 1 rings (SSSR count). The standard InChI is InChI=1S/C10H15N3O3/c1-12-13-6-7-5-8(3-4-9(7)11)16-10(14)15-2/h3-5,12-13H,6,11H2,1-2H3. The van der Waals surface area contributed by atoms with Gasteiger partial charge < -0.3 is 15.2 Å². The predicted molar refractivity (Wildman–Crippen MR) is 59.8 cm³/mol. The highest BCUT2D eigenvalue weighted by atomic mass is 16.7. The van der Waals surface area contributed by atoms with Crippen LogP contribution in [0, 0.1) is 0 Å². The highest BCUT2D eigenvalue weighted by Crippen LogP contribution is 2.19. The van der Waals surface area contributed by atoms with E-state index in [1.807, 2.05) is 0 Å². The summed E-state index contributed by atoms with van der Waals surface area (Å²) in [4.78, 5) is 10.9. The minimum absolute atomic E-state index is 0.397. The van der Waals surface area contributed by atoms with Crippen LogP contribution in [0.4, 0.5) is 10.5 Å². The van der Waals surface area contributed by atoms with Gasteiger partial charge in [0.1, 0.15) is 5.75 Å². The van der Waals surface area contributed by atoms with Crippen LogP contribution in [-0.4, -0.2) is 20.3 Å². The number of nitrogen functional groups attached to an aromatic ring is 1. The minimum Gasteiger partial charge on any atom is -0.437 e. The van der Waals surface area contributed by atoms with E-state index in [-0.39, 0.29) is 0 Å². The van der Waals surface area contributed by atoms with Gasteiger partial charge in [-0.25, -0.2) is 4.79 Å². The Labute approximate surface area is 93.7 Å². The average molecular weight is 225 g/mol. The molecule has 0 aliphatic heterocycles. The van der Waals surface area contributed by atoms with Gasteiger partial charge in [0.15, 0.2) is 0 Å². The van der Waals surface area contributed by atoms with Crippen molar-refractivity contribution in [2.24, 2.45) is 0 Å². The molecule has 0 aliphatic rings. The van der Waals surface area contributed by atoms with E-state index in [0.29, 0.717) is 18.0 Å². The lowest BCUT2D eigenvalue weighted by Gasteiger charge is -2.09. The van der Waals surface area contributed by atoms with E-state index in [1.165, 1.54) is 7.11 Å². The molecule has 0 saturated carbocycles. The fourth-order valence-electron chi connectivity index (χ4n) is 1.12. The van der Waals surface area contributed by atoms with Crippen LogP contribution in [0.3, 0.4) is 0 Å². The van der Waals surface area contributed by atoms with E-state index < -0.39 is 6.16 Å². The van der Waals surface area contributed by atoms with Gasteiger partial charge in [-0.2, -0.15) is 0 Å². The lowest BCUT2D eigenvalue weighted by atomic mass is 10.2. The molecule has 1 aromatic carbocycles. The summed E-state index contributed by atoms with van der Waals surface area (Å²) in [7, 11) is 3.01. The summed E-state index contributed by atoms with van der Waals surface area (Å²) in [5.74, 6) is 0.397. The Balaban J connectivity index is 2.76. The molecule has 0 fully saturated rings. The molecule has 0 saturated heterocycles. The maximum atomic E-state index is 10.9. The number of hydrogen-bond donors (Lipinski definition) is 3. The number of nitrogens with one attached hydrogen (secondary N) is 2. The van der Waals surface area contributed by atoms with Crippen molar-refractivity contribution in [1.82, 2.24) is 10.9 Å². The van der Waals surface area contributed by atoms with Gasteiger partial charge in [0, 0.05) is 12.2 Å². The molecular weight excluding hydrogens is 210 g/mol. The first-order valence-electron chi connectivity index (χ1n) is 4.71. The molecule has 0 amide bonds. The van der Waals surface area contributed by atoms with Crippen molar-refractivity contribution in [3.8, 4) is 5.75 Å². The van der Waals surface area contributed by atoms with Crippen LogP contribution in [0.5, 0.6) is 5.75 Å². The van der Waals surface area contributed by atoms with Gasteiger partial charge in [-0.3, -0.25) is 10.9 Å². The summed E-state index contributed by atoms with van der Waals surface area (Å²) in [6.45, 7) is 0.528. The summed E-state index contributed by atoms with van der Waals surface area (Å²) in [6.07, 6.45) is -0.753. The number of hydrogen-bond acceptors (Lipinski definition) is 6. The molecule has 0 radical (unpaired) electrons. The Kier molecular flexibility index (Phi) is 4.56. The largest absolute Gasteiger partial charge is 0.513 e. The third-order valence-corrected chi connectivity index (χ3v) is 1.94. The number of carbonyl (C=O) groups excluding carboxylic acids is 1. The lowest BCUT2D eigenvalue weighted by Crippen LogP contribution is -2.27. The lowest BCUT2D eigenvalue weighted by molar-refractivity contribution is 0.121. The summed E-state index contributed by atoms with van der Waals surface area (Å²) in [5.41, 5.74) is 12.9. The number of methoxy groups -OCH3 is 1. The molecule has 0 aliphatic carbocycles.